The van der Waals surface area contributed by atoms with Crippen molar-refractivity contribution < 1.29 is 14.6 Å². The van der Waals surface area contributed by atoms with E-state index in [2.05, 4.69) is 13.8 Å². The van der Waals surface area contributed by atoms with Gasteiger partial charge in [-0.1, -0.05) is 37.6 Å². The van der Waals surface area contributed by atoms with Crippen molar-refractivity contribution in [3.63, 3.8) is 0 Å². The minimum absolute atomic E-state index is 0.127. The topological polar surface area (TPSA) is 46.5 Å². The second kappa shape index (κ2) is 5.10. The van der Waals surface area contributed by atoms with E-state index in [0.717, 1.165) is 11.1 Å². The third-order valence-corrected chi connectivity index (χ3v) is 4.68. The van der Waals surface area contributed by atoms with E-state index in [1.807, 2.05) is 24.3 Å². The summed E-state index contributed by atoms with van der Waals surface area (Å²) in [4.78, 5) is 12.7. The largest absolute Gasteiger partial charge is 0.467 e. The molecule has 1 N–H and O–H groups in total. The number of hydrogen-bond acceptors (Lipinski definition) is 3. The lowest BCUT2D eigenvalue weighted by Crippen LogP contribution is -2.41. The lowest BCUT2D eigenvalue weighted by atomic mass is 9.70. The van der Waals surface area contributed by atoms with Gasteiger partial charge in [-0.25, -0.2) is 0 Å². The summed E-state index contributed by atoms with van der Waals surface area (Å²) in [6, 6.07) is 7.48. The number of hydrogen-bond donors (Lipinski definition) is 1. The third kappa shape index (κ3) is 2.92. The summed E-state index contributed by atoms with van der Waals surface area (Å²) in [7, 11) is 0. The normalized spacial score (nSPS) is 30.8. The van der Waals surface area contributed by atoms with Gasteiger partial charge in [0, 0.05) is 42.7 Å². The van der Waals surface area contributed by atoms with Crippen LogP contribution >= 0.6 is 11.6 Å². The van der Waals surface area contributed by atoms with Gasteiger partial charge in [0.15, 0.2) is 5.78 Å². The van der Waals surface area contributed by atoms with Crippen LogP contribution in [-0.4, -0.2) is 16.7 Å². The third-order valence-electron chi connectivity index (χ3n) is 4.43. The van der Waals surface area contributed by atoms with Crippen molar-refractivity contribution in [1.29, 1.82) is 0 Å². The highest BCUT2D eigenvalue weighted by Gasteiger charge is 2.45. The van der Waals surface area contributed by atoms with Gasteiger partial charge in [-0.2, -0.15) is 0 Å². The predicted molar refractivity (Wildman–Crippen MR) is 85.6 cm³/mol. The molecule has 0 radical (unpaired) electrons. The monoisotopic (exact) mass is 320 g/mol. The Labute approximate surface area is 135 Å². The summed E-state index contributed by atoms with van der Waals surface area (Å²) < 4.78 is 5.75. The van der Waals surface area contributed by atoms with Crippen molar-refractivity contribution in [2.45, 2.75) is 51.7 Å². The van der Waals surface area contributed by atoms with Crippen LogP contribution in [0.3, 0.4) is 0 Å². The first kappa shape index (κ1) is 15.6. The summed E-state index contributed by atoms with van der Waals surface area (Å²) in [5, 5.41) is 11.1. The van der Waals surface area contributed by atoms with Crippen molar-refractivity contribution >= 4 is 17.4 Å². The second-order valence-electron chi connectivity index (χ2n) is 7.36. The Balaban J connectivity index is 2.08. The molecular formula is C18H21ClO3. The number of Topliss-reactive ketones (excluding diaryl/α,β-unsaturated/α-hetero) is 1. The zero-order chi connectivity index (χ0) is 16.1. The number of carbonyl (C=O) groups is 1. The molecule has 3 rings (SSSR count). The summed E-state index contributed by atoms with van der Waals surface area (Å²) in [5.74, 6) is -0.615. The van der Waals surface area contributed by atoms with Crippen LogP contribution in [0.2, 0.25) is 5.02 Å². The van der Waals surface area contributed by atoms with Gasteiger partial charge in [0.1, 0.15) is 5.76 Å². The van der Waals surface area contributed by atoms with Crippen LogP contribution in [0, 0.1) is 5.41 Å². The highest BCUT2D eigenvalue weighted by atomic mass is 35.5. The number of halogens is 1. The maximum Gasteiger partial charge on any atom is 0.205 e. The van der Waals surface area contributed by atoms with Gasteiger partial charge in [-0.15, -0.1) is 0 Å². The Morgan fingerprint density at radius 1 is 1.18 bits per heavy atom. The molecule has 0 bridgehead atoms. The minimum atomic E-state index is -1.25. The molecule has 1 heterocycles. The molecule has 2 aliphatic rings. The zero-order valence-corrected chi connectivity index (χ0v) is 13.9. The van der Waals surface area contributed by atoms with Gasteiger partial charge < -0.3 is 9.84 Å². The van der Waals surface area contributed by atoms with Crippen LogP contribution < -0.4 is 0 Å². The fraction of sp³-hybridized carbons (Fsp3) is 0.500. The van der Waals surface area contributed by atoms with Gasteiger partial charge in [0.25, 0.3) is 0 Å². The van der Waals surface area contributed by atoms with Crippen molar-refractivity contribution in [2.75, 3.05) is 0 Å². The molecule has 0 aromatic heterocycles. The van der Waals surface area contributed by atoms with E-state index in [4.69, 9.17) is 16.3 Å². The number of ether oxygens (including phenoxy) is 1. The molecule has 2 atom stereocenters. The van der Waals surface area contributed by atoms with Crippen LogP contribution in [-0.2, 0) is 9.53 Å². The van der Waals surface area contributed by atoms with Crippen LogP contribution in [0.4, 0.5) is 0 Å². The maximum atomic E-state index is 12.7. The molecule has 0 fully saturated rings. The van der Waals surface area contributed by atoms with Gasteiger partial charge in [0.05, 0.1) is 0 Å². The summed E-state index contributed by atoms with van der Waals surface area (Å²) in [6.45, 7) is 5.77. The first-order valence-electron chi connectivity index (χ1n) is 7.60. The van der Waals surface area contributed by atoms with Gasteiger partial charge in [-0.05, 0) is 23.1 Å². The van der Waals surface area contributed by atoms with Crippen LogP contribution in [0.15, 0.2) is 35.6 Å². The molecule has 3 nitrogen and oxygen atoms in total. The summed E-state index contributed by atoms with van der Waals surface area (Å²) in [5.41, 5.74) is 1.59. The van der Waals surface area contributed by atoms with Gasteiger partial charge in [-0.3, -0.25) is 4.79 Å². The number of allylic oxidation sites excluding steroid dienone is 2. The number of rotatable bonds is 1. The molecule has 118 valence electrons. The van der Waals surface area contributed by atoms with Gasteiger partial charge >= 0.3 is 0 Å². The SMILES string of the molecule is CC1(C)CC(=O)C2=C(C1)O[C@@](C)(O)C[C@@H]2c1ccc(Cl)cc1. The van der Waals surface area contributed by atoms with Crippen molar-refractivity contribution in [3.05, 3.63) is 46.2 Å². The highest BCUT2D eigenvalue weighted by Crippen LogP contribution is 2.49. The van der Waals surface area contributed by atoms with E-state index >= 15 is 0 Å². The van der Waals surface area contributed by atoms with E-state index in [1.54, 1.807) is 6.92 Å². The number of benzene rings is 1. The Bertz CT molecular complexity index is 637. The quantitative estimate of drug-likeness (QED) is 0.843. The lowest BCUT2D eigenvalue weighted by Gasteiger charge is -2.43. The van der Waals surface area contributed by atoms with Crippen molar-refractivity contribution in [2.24, 2.45) is 5.41 Å². The molecule has 1 aromatic rings. The first-order chi connectivity index (χ1) is 10.2. The van der Waals surface area contributed by atoms with E-state index in [9.17, 15) is 9.90 Å². The average molecular weight is 321 g/mol. The van der Waals surface area contributed by atoms with E-state index in [-0.39, 0.29) is 17.1 Å². The molecule has 0 spiro atoms. The Morgan fingerprint density at radius 3 is 2.45 bits per heavy atom. The molecule has 1 aliphatic heterocycles. The maximum absolute atomic E-state index is 12.7. The summed E-state index contributed by atoms with van der Waals surface area (Å²) >= 11 is 5.96. The number of ketones is 1. The summed E-state index contributed by atoms with van der Waals surface area (Å²) in [6.07, 6.45) is 1.56. The lowest BCUT2D eigenvalue weighted by molar-refractivity contribution is -0.184. The van der Waals surface area contributed by atoms with E-state index in [0.29, 0.717) is 30.0 Å². The Hall–Kier alpha value is -1.32. The van der Waals surface area contributed by atoms with Gasteiger partial charge in [0.2, 0.25) is 5.79 Å². The van der Waals surface area contributed by atoms with Crippen LogP contribution in [0.25, 0.3) is 0 Å². The standard InChI is InChI=1S/C18H21ClO3/c1-17(2)9-14(20)16-13(11-4-6-12(19)7-5-11)8-18(3,21)22-15(16)10-17/h4-7,13,21H,8-10H2,1-3H3/t13-,18-/m1/s1. The molecule has 22 heavy (non-hydrogen) atoms. The van der Waals surface area contributed by atoms with Crippen LogP contribution in [0.1, 0.15) is 51.5 Å². The second-order valence-corrected chi connectivity index (χ2v) is 7.80. The van der Waals surface area contributed by atoms with Crippen LogP contribution in [0.5, 0.6) is 0 Å². The predicted octanol–water partition coefficient (Wildman–Crippen LogP) is 4.20. The Kier molecular flexibility index (Phi) is 3.61. The number of aliphatic hydroxyl groups is 1. The van der Waals surface area contributed by atoms with E-state index < -0.39 is 5.79 Å². The molecule has 1 aliphatic carbocycles. The molecule has 0 saturated heterocycles. The molecule has 0 unspecified atom stereocenters. The van der Waals surface area contributed by atoms with Crippen molar-refractivity contribution in [1.82, 2.24) is 0 Å². The average Bonchev–Trinajstić information content (AvgIpc) is 2.35. The number of carbonyl (C=O) groups excluding carboxylic acids is 1. The fourth-order valence-corrected chi connectivity index (χ4v) is 3.65. The minimum Gasteiger partial charge on any atom is -0.467 e. The fourth-order valence-electron chi connectivity index (χ4n) is 3.52. The smallest absolute Gasteiger partial charge is 0.205 e. The van der Waals surface area contributed by atoms with Crippen molar-refractivity contribution in [3.8, 4) is 0 Å². The van der Waals surface area contributed by atoms with E-state index in [1.165, 1.54) is 0 Å². The molecular weight excluding hydrogens is 300 g/mol. The molecule has 0 amide bonds. The molecule has 0 saturated carbocycles. The molecule has 4 heteroatoms. The Morgan fingerprint density at radius 2 is 1.82 bits per heavy atom. The zero-order valence-electron chi connectivity index (χ0n) is 13.1. The first-order valence-corrected chi connectivity index (χ1v) is 7.98. The molecule has 1 aromatic carbocycles. The highest BCUT2D eigenvalue weighted by molar-refractivity contribution is 6.30.